The normalized spacial score (nSPS) is 15.2. The Labute approximate surface area is 86.8 Å². The molecule has 1 rings (SSSR count). The minimum Gasteiger partial charge on any atom is -0.393 e. The van der Waals surface area contributed by atoms with Gasteiger partial charge in [-0.2, -0.15) is 0 Å². The molecule has 0 aliphatic rings. The molecule has 14 heavy (non-hydrogen) atoms. The van der Waals surface area contributed by atoms with Crippen LogP contribution in [-0.2, 0) is 0 Å². The van der Waals surface area contributed by atoms with Gasteiger partial charge in [0.2, 0.25) is 0 Å². The second-order valence-electron chi connectivity index (χ2n) is 4.12. The summed E-state index contributed by atoms with van der Waals surface area (Å²) in [6.07, 6.45) is 0.588. The molecule has 78 valence electrons. The van der Waals surface area contributed by atoms with Crippen molar-refractivity contribution in [1.29, 1.82) is 0 Å². The van der Waals surface area contributed by atoms with Gasteiger partial charge in [0.1, 0.15) is 0 Å². The molecule has 0 heterocycles. The predicted molar refractivity (Wildman–Crippen MR) is 60.6 cm³/mol. The van der Waals surface area contributed by atoms with E-state index in [9.17, 15) is 5.11 Å². The Morgan fingerprint density at radius 2 is 1.93 bits per heavy atom. The van der Waals surface area contributed by atoms with Crippen LogP contribution in [-0.4, -0.2) is 11.2 Å². The zero-order chi connectivity index (χ0) is 10.7. The molecule has 0 saturated carbocycles. The van der Waals surface area contributed by atoms with E-state index < -0.39 is 0 Å². The van der Waals surface area contributed by atoms with Gasteiger partial charge in [-0.25, -0.2) is 0 Å². The van der Waals surface area contributed by atoms with Gasteiger partial charge in [0.15, 0.2) is 0 Å². The van der Waals surface area contributed by atoms with Gasteiger partial charge in [-0.3, -0.25) is 0 Å². The van der Waals surface area contributed by atoms with Crippen LogP contribution >= 0.6 is 0 Å². The molecule has 1 heteroatoms. The average Bonchev–Trinajstić information content (AvgIpc) is 2.19. The molecule has 0 bridgehead atoms. The SMILES string of the molecule is CCC(O)C(C)c1cc(C)ccc1C. The fraction of sp³-hybridized carbons (Fsp3) is 0.538. The fourth-order valence-corrected chi connectivity index (χ4v) is 1.81. The fourth-order valence-electron chi connectivity index (χ4n) is 1.81. The van der Waals surface area contributed by atoms with Crippen molar-refractivity contribution in [3.63, 3.8) is 0 Å². The maximum atomic E-state index is 9.80. The van der Waals surface area contributed by atoms with Crippen molar-refractivity contribution in [2.45, 2.75) is 46.1 Å². The number of rotatable bonds is 3. The maximum Gasteiger partial charge on any atom is 0.0603 e. The van der Waals surface area contributed by atoms with Crippen LogP contribution in [0, 0.1) is 13.8 Å². The van der Waals surface area contributed by atoms with E-state index in [1.807, 2.05) is 6.92 Å². The van der Waals surface area contributed by atoms with Gasteiger partial charge in [-0.15, -0.1) is 0 Å². The molecule has 2 atom stereocenters. The molecule has 1 nitrogen and oxygen atoms in total. The Kier molecular flexibility index (Phi) is 3.70. The predicted octanol–water partition coefficient (Wildman–Crippen LogP) is 3.18. The van der Waals surface area contributed by atoms with Crippen LogP contribution in [0.15, 0.2) is 18.2 Å². The van der Waals surface area contributed by atoms with Crippen molar-refractivity contribution in [3.8, 4) is 0 Å². The summed E-state index contributed by atoms with van der Waals surface area (Å²) < 4.78 is 0. The molecule has 1 aromatic rings. The summed E-state index contributed by atoms with van der Waals surface area (Å²) in [6.45, 7) is 8.31. The molecule has 0 aromatic heterocycles. The van der Waals surface area contributed by atoms with Crippen LogP contribution in [0.25, 0.3) is 0 Å². The monoisotopic (exact) mass is 192 g/mol. The summed E-state index contributed by atoms with van der Waals surface area (Å²) >= 11 is 0. The molecular formula is C13H20O. The highest BCUT2D eigenvalue weighted by molar-refractivity contribution is 5.33. The maximum absolute atomic E-state index is 9.80. The zero-order valence-electron chi connectivity index (χ0n) is 9.54. The van der Waals surface area contributed by atoms with Gasteiger partial charge in [0.25, 0.3) is 0 Å². The lowest BCUT2D eigenvalue weighted by Gasteiger charge is -2.20. The highest BCUT2D eigenvalue weighted by Crippen LogP contribution is 2.25. The molecule has 1 aromatic carbocycles. The zero-order valence-corrected chi connectivity index (χ0v) is 9.54. The minimum absolute atomic E-state index is 0.226. The number of aliphatic hydroxyl groups excluding tert-OH is 1. The third-order valence-corrected chi connectivity index (χ3v) is 2.92. The van der Waals surface area contributed by atoms with Gasteiger partial charge >= 0.3 is 0 Å². The lowest BCUT2D eigenvalue weighted by Crippen LogP contribution is -2.15. The average molecular weight is 192 g/mol. The quantitative estimate of drug-likeness (QED) is 0.780. The molecule has 0 fully saturated rings. The van der Waals surface area contributed by atoms with Crippen molar-refractivity contribution >= 4 is 0 Å². The van der Waals surface area contributed by atoms with Gasteiger partial charge in [-0.05, 0) is 31.4 Å². The Hall–Kier alpha value is -0.820. The van der Waals surface area contributed by atoms with Crippen molar-refractivity contribution in [1.82, 2.24) is 0 Å². The van der Waals surface area contributed by atoms with Crippen molar-refractivity contribution < 1.29 is 5.11 Å². The number of hydrogen-bond acceptors (Lipinski definition) is 1. The highest BCUT2D eigenvalue weighted by Gasteiger charge is 2.15. The summed E-state index contributed by atoms with van der Waals surface area (Å²) in [5.74, 6) is 0.236. The topological polar surface area (TPSA) is 20.2 Å². The molecular weight excluding hydrogens is 172 g/mol. The molecule has 0 spiro atoms. The summed E-state index contributed by atoms with van der Waals surface area (Å²) in [6, 6.07) is 6.42. The van der Waals surface area contributed by atoms with E-state index in [-0.39, 0.29) is 12.0 Å². The van der Waals surface area contributed by atoms with E-state index in [0.717, 1.165) is 6.42 Å². The summed E-state index contributed by atoms with van der Waals surface area (Å²) in [7, 11) is 0. The van der Waals surface area contributed by atoms with Crippen LogP contribution in [0.3, 0.4) is 0 Å². The Balaban J connectivity index is 2.99. The third kappa shape index (κ3) is 2.36. The largest absolute Gasteiger partial charge is 0.393 e. The standard InChI is InChI=1S/C13H20O/c1-5-13(14)11(4)12-8-9(2)6-7-10(12)3/h6-8,11,13-14H,5H2,1-4H3. The first-order valence-corrected chi connectivity index (χ1v) is 5.31. The smallest absolute Gasteiger partial charge is 0.0603 e. The first-order chi connectivity index (χ1) is 6.56. The molecule has 0 amide bonds. The number of hydrogen-bond donors (Lipinski definition) is 1. The van der Waals surface area contributed by atoms with E-state index in [1.165, 1.54) is 16.7 Å². The number of aryl methyl sites for hydroxylation is 2. The van der Waals surface area contributed by atoms with Crippen molar-refractivity contribution in [2.75, 3.05) is 0 Å². The van der Waals surface area contributed by atoms with Crippen molar-refractivity contribution in [2.24, 2.45) is 0 Å². The second-order valence-corrected chi connectivity index (χ2v) is 4.12. The van der Waals surface area contributed by atoms with Gasteiger partial charge in [0.05, 0.1) is 6.10 Å². The number of benzene rings is 1. The van der Waals surface area contributed by atoms with Gasteiger partial charge < -0.3 is 5.11 Å². The van der Waals surface area contributed by atoms with Crippen LogP contribution in [0.5, 0.6) is 0 Å². The van der Waals surface area contributed by atoms with Gasteiger partial charge in [0, 0.05) is 5.92 Å². The lowest BCUT2D eigenvalue weighted by molar-refractivity contribution is 0.145. The number of aliphatic hydroxyl groups is 1. The van der Waals surface area contributed by atoms with E-state index in [4.69, 9.17) is 0 Å². The van der Waals surface area contributed by atoms with Crippen molar-refractivity contribution in [3.05, 3.63) is 34.9 Å². The molecule has 0 aliphatic carbocycles. The molecule has 0 aliphatic heterocycles. The van der Waals surface area contributed by atoms with Crippen LogP contribution in [0.4, 0.5) is 0 Å². The van der Waals surface area contributed by atoms with Gasteiger partial charge in [-0.1, -0.05) is 37.6 Å². The second kappa shape index (κ2) is 4.61. The van der Waals surface area contributed by atoms with Crippen LogP contribution < -0.4 is 0 Å². The Morgan fingerprint density at radius 3 is 2.50 bits per heavy atom. The van der Waals surface area contributed by atoms with E-state index in [2.05, 4.69) is 39.0 Å². The highest BCUT2D eigenvalue weighted by atomic mass is 16.3. The first kappa shape index (κ1) is 11.3. The summed E-state index contributed by atoms with van der Waals surface area (Å²) in [5, 5.41) is 9.80. The van der Waals surface area contributed by atoms with E-state index >= 15 is 0 Å². The molecule has 2 unspecified atom stereocenters. The molecule has 0 radical (unpaired) electrons. The first-order valence-electron chi connectivity index (χ1n) is 5.31. The minimum atomic E-state index is -0.226. The van der Waals surface area contributed by atoms with E-state index in [0.29, 0.717) is 0 Å². The third-order valence-electron chi connectivity index (χ3n) is 2.92. The Bertz CT molecular complexity index is 304. The summed E-state index contributed by atoms with van der Waals surface area (Å²) in [5.41, 5.74) is 3.82. The van der Waals surface area contributed by atoms with Crippen LogP contribution in [0.2, 0.25) is 0 Å². The lowest BCUT2D eigenvalue weighted by atomic mass is 9.89. The van der Waals surface area contributed by atoms with Crippen LogP contribution in [0.1, 0.15) is 42.9 Å². The molecule has 0 saturated heterocycles. The molecule has 1 N–H and O–H groups in total. The Morgan fingerprint density at radius 1 is 1.29 bits per heavy atom. The summed E-state index contributed by atoms with van der Waals surface area (Å²) in [4.78, 5) is 0. The van der Waals surface area contributed by atoms with E-state index in [1.54, 1.807) is 0 Å².